The summed E-state index contributed by atoms with van der Waals surface area (Å²) in [6.45, 7) is 4.30. The average molecular weight is 296 g/mol. The third kappa shape index (κ3) is 4.14. The van der Waals surface area contributed by atoms with Gasteiger partial charge in [-0.3, -0.25) is 4.90 Å². The van der Waals surface area contributed by atoms with Gasteiger partial charge in [0.05, 0.1) is 13.2 Å². The molecule has 4 heteroatoms. The predicted molar refractivity (Wildman–Crippen MR) is 89.6 cm³/mol. The van der Waals surface area contributed by atoms with Crippen LogP contribution < -0.4 is 10.5 Å². The summed E-state index contributed by atoms with van der Waals surface area (Å²) in [5.41, 5.74) is 7.45. The Bertz CT molecular complexity index is 398. The van der Waals surface area contributed by atoms with E-state index in [-0.39, 0.29) is 12.1 Å². The molecule has 20 heavy (non-hydrogen) atoms. The molecule has 114 valence electrons. The fourth-order valence-corrected chi connectivity index (χ4v) is 3.58. The molecule has 0 aliphatic heterocycles. The van der Waals surface area contributed by atoms with Crippen molar-refractivity contribution in [2.24, 2.45) is 5.73 Å². The number of nitrogens with two attached hydrogens (primary N) is 1. The molecule has 1 aromatic carbocycles. The molecule has 3 unspecified atom stereocenters. The van der Waals surface area contributed by atoms with E-state index >= 15 is 0 Å². The monoisotopic (exact) mass is 296 g/mol. The Hall–Kier alpha value is -0.710. The number of thioether (sulfide) groups is 1. The van der Waals surface area contributed by atoms with Crippen molar-refractivity contribution in [1.29, 1.82) is 0 Å². The number of hydrogen-bond acceptors (Lipinski definition) is 4. The van der Waals surface area contributed by atoms with Crippen molar-refractivity contribution < 1.29 is 4.74 Å². The highest BCUT2D eigenvalue weighted by Gasteiger charge is 2.28. The zero-order chi connectivity index (χ0) is 15.1. The van der Waals surface area contributed by atoms with Gasteiger partial charge in [0.15, 0.2) is 0 Å². The van der Waals surface area contributed by atoms with Crippen molar-refractivity contribution in [3.8, 4) is 5.75 Å². The van der Waals surface area contributed by atoms with E-state index in [1.165, 1.54) is 5.56 Å². The Morgan fingerprint density at radius 1 is 1.35 bits per heavy atom. The van der Waals surface area contributed by atoms with Gasteiger partial charge in [0.25, 0.3) is 0 Å². The molecule has 0 aliphatic rings. The molecule has 0 fully saturated rings. The molecule has 0 radical (unpaired) electrons. The van der Waals surface area contributed by atoms with Crippen LogP contribution in [0.3, 0.4) is 0 Å². The van der Waals surface area contributed by atoms with Gasteiger partial charge in [0, 0.05) is 23.4 Å². The van der Waals surface area contributed by atoms with E-state index in [4.69, 9.17) is 10.5 Å². The van der Waals surface area contributed by atoms with Crippen LogP contribution >= 0.6 is 11.8 Å². The second-order valence-corrected chi connectivity index (χ2v) is 6.14. The highest BCUT2D eigenvalue weighted by atomic mass is 32.2. The van der Waals surface area contributed by atoms with Gasteiger partial charge in [-0.05, 0) is 32.7 Å². The lowest BCUT2D eigenvalue weighted by molar-refractivity contribution is 0.161. The van der Waals surface area contributed by atoms with E-state index in [0.717, 1.165) is 17.9 Å². The first-order valence-corrected chi connectivity index (χ1v) is 8.55. The molecule has 0 aromatic heterocycles. The van der Waals surface area contributed by atoms with Crippen molar-refractivity contribution in [3.05, 3.63) is 29.8 Å². The number of para-hydroxylation sites is 1. The lowest BCUT2D eigenvalue weighted by atomic mass is 9.97. The maximum absolute atomic E-state index is 6.28. The first kappa shape index (κ1) is 17.3. The van der Waals surface area contributed by atoms with Gasteiger partial charge < -0.3 is 10.5 Å². The van der Waals surface area contributed by atoms with Gasteiger partial charge in [-0.2, -0.15) is 11.8 Å². The standard InChI is InChI=1S/C16H28N2OS/c1-6-13(11-20-5)18(3)16(12(2)17)14-9-7-8-10-15(14)19-4/h7-10,12-13,16H,6,11,17H2,1-5H3. The molecule has 0 saturated carbocycles. The summed E-state index contributed by atoms with van der Waals surface area (Å²) in [5.74, 6) is 2.03. The van der Waals surface area contributed by atoms with Crippen molar-refractivity contribution in [2.75, 3.05) is 26.2 Å². The Balaban J connectivity index is 3.10. The second kappa shape index (κ2) is 8.55. The van der Waals surface area contributed by atoms with E-state index in [2.05, 4.69) is 44.2 Å². The molecular formula is C16H28N2OS. The molecule has 0 saturated heterocycles. The maximum atomic E-state index is 6.28. The lowest BCUT2D eigenvalue weighted by Gasteiger charge is -2.37. The van der Waals surface area contributed by atoms with Crippen molar-refractivity contribution in [3.63, 3.8) is 0 Å². The SMILES string of the molecule is CCC(CSC)N(C)C(c1ccccc1OC)C(C)N. The van der Waals surface area contributed by atoms with Crippen molar-refractivity contribution in [2.45, 2.75) is 38.4 Å². The normalized spacial score (nSPS) is 15.9. The zero-order valence-electron chi connectivity index (χ0n) is 13.3. The molecule has 0 aliphatic carbocycles. The molecular weight excluding hydrogens is 268 g/mol. The summed E-state index contributed by atoms with van der Waals surface area (Å²) in [7, 11) is 3.89. The van der Waals surface area contributed by atoms with Crippen LogP contribution in [0.4, 0.5) is 0 Å². The summed E-state index contributed by atoms with van der Waals surface area (Å²) < 4.78 is 5.51. The molecule has 3 atom stereocenters. The Labute approximate surface area is 127 Å². The number of likely N-dealkylation sites (N-methyl/N-ethyl adjacent to an activating group) is 1. The van der Waals surface area contributed by atoms with Crippen LogP contribution in [0.25, 0.3) is 0 Å². The number of nitrogens with zero attached hydrogens (tertiary/aromatic N) is 1. The minimum atomic E-state index is 0.0483. The smallest absolute Gasteiger partial charge is 0.123 e. The quantitative estimate of drug-likeness (QED) is 0.800. The van der Waals surface area contributed by atoms with Crippen molar-refractivity contribution in [1.82, 2.24) is 4.90 Å². The summed E-state index contributed by atoms with van der Waals surface area (Å²) in [4.78, 5) is 2.40. The predicted octanol–water partition coefficient (Wildman–Crippen LogP) is 3.16. The number of benzene rings is 1. The lowest BCUT2D eigenvalue weighted by Crippen LogP contribution is -2.43. The third-order valence-corrected chi connectivity index (χ3v) is 4.52. The van der Waals surface area contributed by atoms with Crippen LogP contribution in [0.1, 0.15) is 31.9 Å². The maximum Gasteiger partial charge on any atom is 0.123 e. The third-order valence-electron chi connectivity index (χ3n) is 3.80. The first-order valence-electron chi connectivity index (χ1n) is 7.16. The highest BCUT2D eigenvalue weighted by Crippen LogP contribution is 2.32. The summed E-state index contributed by atoms with van der Waals surface area (Å²) in [6.07, 6.45) is 3.27. The summed E-state index contributed by atoms with van der Waals surface area (Å²) >= 11 is 1.88. The largest absolute Gasteiger partial charge is 0.496 e. The highest BCUT2D eigenvalue weighted by molar-refractivity contribution is 7.98. The van der Waals surface area contributed by atoms with E-state index in [9.17, 15) is 0 Å². The van der Waals surface area contributed by atoms with Crippen LogP contribution in [-0.2, 0) is 0 Å². The Kier molecular flexibility index (Phi) is 7.41. The number of rotatable bonds is 8. The van der Waals surface area contributed by atoms with Gasteiger partial charge >= 0.3 is 0 Å². The molecule has 1 aromatic rings. The Morgan fingerprint density at radius 2 is 2.00 bits per heavy atom. The van der Waals surface area contributed by atoms with Gasteiger partial charge in [-0.25, -0.2) is 0 Å². The van der Waals surface area contributed by atoms with Crippen LogP contribution in [0.15, 0.2) is 24.3 Å². The fourth-order valence-electron chi connectivity index (χ4n) is 2.73. The molecule has 0 heterocycles. The molecule has 2 N–H and O–H groups in total. The molecule has 3 nitrogen and oxygen atoms in total. The Morgan fingerprint density at radius 3 is 2.50 bits per heavy atom. The van der Waals surface area contributed by atoms with Gasteiger partial charge in [0.2, 0.25) is 0 Å². The van der Waals surface area contributed by atoms with Crippen LogP contribution in [-0.4, -0.2) is 43.1 Å². The average Bonchev–Trinajstić information content (AvgIpc) is 2.44. The molecule has 0 spiro atoms. The van der Waals surface area contributed by atoms with Gasteiger partial charge in [0.1, 0.15) is 5.75 Å². The number of hydrogen-bond donors (Lipinski definition) is 1. The zero-order valence-corrected chi connectivity index (χ0v) is 14.1. The molecule has 0 amide bonds. The van der Waals surface area contributed by atoms with Crippen molar-refractivity contribution >= 4 is 11.8 Å². The minimum absolute atomic E-state index is 0.0483. The molecule has 1 rings (SSSR count). The molecule has 0 bridgehead atoms. The van der Waals surface area contributed by atoms with Gasteiger partial charge in [-0.15, -0.1) is 0 Å². The van der Waals surface area contributed by atoms with E-state index < -0.39 is 0 Å². The first-order chi connectivity index (χ1) is 9.56. The minimum Gasteiger partial charge on any atom is -0.496 e. The fraction of sp³-hybridized carbons (Fsp3) is 0.625. The summed E-state index contributed by atoms with van der Waals surface area (Å²) in [5, 5.41) is 0. The van der Waals surface area contributed by atoms with E-state index in [0.29, 0.717) is 6.04 Å². The number of ether oxygens (including phenoxy) is 1. The summed E-state index contributed by atoms with van der Waals surface area (Å²) in [6, 6.07) is 8.92. The van der Waals surface area contributed by atoms with Gasteiger partial charge in [-0.1, -0.05) is 25.1 Å². The number of methoxy groups -OCH3 is 1. The topological polar surface area (TPSA) is 38.5 Å². The van der Waals surface area contributed by atoms with E-state index in [1.807, 2.05) is 23.9 Å². The second-order valence-electron chi connectivity index (χ2n) is 5.23. The van der Waals surface area contributed by atoms with E-state index in [1.54, 1.807) is 7.11 Å². The van der Waals surface area contributed by atoms with Crippen LogP contribution in [0, 0.1) is 0 Å². The van der Waals surface area contributed by atoms with Crippen LogP contribution in [0.5, 0.6) is 5.75 Å². The van der Waals surface area contributed by atoms with Crippen LogP contribution in [0.2, 0.25) is 0 Å².